The number of nitrogens with zero attached hydrogens (tertiary/aromatic N) is 2. The maximum Gasteiger partial charge on any atom is 4.00 e. The van der Waals surface area contributed by atoms with Crippen molar-refractivity contribution in [1.82, 2.24) is 0 Å². The van der Waals surface area contributed by atoms with Crippen LogP contribution >= 0.6 is 0 Å². The van der Waals surface area contributed by atoms with Crippen LogP contribution in [-0.2, 0) is 26.2 Å². The Balaban J connectivity index is 0.000000313. The summed E-state index contributed by atoms with van der Waals surface area (Å²) in [4.78, 5) is 4.52. The van der Waals surface area contributed by atoms with E-state index in [9.17, 15) is 0 Å². The van der Waals surface area contributed by atoms with Crippen LogP contribution in [0.1, 0.15) is 30.5 Å². The largest absolute Gasteiger partial charge is 4.00 e. The topological polar surface area (TPSA) is 26.5 Å². The van der Waals surface area contributed by atoms with Gasteiger partial charge in [0.1, 0.15) is 0 Å². The van der Waals surface area contributed by atoms with Crippen molar-refractivity contribution in [2.24, 2.45) is 4.99 Å². The molecule has 3 heteroatoms. The second-order valence-electron chi connectivity index (χ2n) is 8.78. The van der Waals surface area contributed by atoms with Gasteiger partial charge in [-0.15, -0.1) is 42.1 Å². The molecule has 0 saturated carbocycles. The van der Waals surface area contributed by atoms with E-state index in [2.05, 4.69) is 31.1 Å². The Morgan fingerprint density at radius 3 is 1.15 bits per heavy atom. The zero-order valence-electron chi connectivity index (χ0n) is 24.0. The molecule has 0 atom stereocenters. The minimum absolute atomic E-state index is 0. The van der Waals surface area contributed by atoms with Crippen LogP contribution in [0.15, 0.2) is 168 Å². The number of hydrogen-bond donors (Lipinski definition) is 0. The third-order valence-corrected chi connectivity index (χ3v) is 5.07. The fraction of sp³-hybridized carbons (Fsp3) is 0.0526. The molecule has 0 aliphatic carbocycles. The molecule has 5 aromatic rings. The van der Waals surface area contributed by atoms with E-state index in [-0.39, 0.29) is 26.2 Å². The molecule has 0 fully saturated rings. The Morgan fingerprint density at radius 2 is 0.829 bits per heavy atom. The molecule has 0 aliphatic rings. The molecule has 5 aromatic carbocycles. The molecule has 0 bridgehead atoms. The van der Waals surface area contributed by atoms with Crippen molar-refractivity contribution >= 4 is 17.1 Å². The average Bonchev–Trinajstić information content (AvgIpc) is 2.96. The standard InChI is InChI=1S/C17H17N2.3C7H7.Zr/c1-14(18-16-9-5-3-6-10-16)13-15(2)19-17-11-7-4-8-12-17;3*1-7-5-3-2-4-6-7;/h3-13H,1-2H3;3*2-6H,1H2;/q4*-1;+4/b14-13-,19-15?;;;;. The van der Waals surface area contributed by atoms with Crippen LogP contribution in [0, 0.1) is 20.8 Å². The molecular weight excluding hydrogens is 576 g/mol. The van der Waals surface area contributed by atoms with Gasteiger partial charge in [-0.25, -0.2) is 0 Å². The Hall–Kier alpha value is -4.20. The number of rotatable bonds is 4. The van der Waals surface area contributed by atoms with Gasteiger partial charge in [0, 0.05) is 5.71 Å². The summed E-state index contributed by atoms with van der Waals surface area (Å²) >= 11 is 0. The zero-order chi connectivity index (χ0) is 28.8. The number of benzene rings is 5. The van der Waals surface area contributed by atoms with Gasteiger partial charge in [0.05, 0.1) is 5.69 Å². The van der Waals surface area contributed by atoms with Gasteiger partial charge in [0.25, 0.3) is 0 Å². The van der Waals surface area contributed by atoms with Gasteiger partial charge in [-0.05, 0) is 19.1 Å². The first kappa shape index (κ1) is 34.8. The van der Waals surface area contributed by atoms with E-state index in [4.69, 9.17) is 0 Å². The Morgan fingerprint density at radius 1 is 0.512 bits per heavy atom. The van der Waals surface area contributed by atoms with Crippen LogP contribution < -0.4 is 0 Å². The summed E-state index contributed by atoms with van der Waals surface area (Å²) in [5, 5.41) is 4.52. The van der Waals surface area contributed by atoms with E-state index in [1.165, 1.54) is 0 Å². The molecule has 0 saturated heterocycles. The fourth-order valence-corrected chi connectivity index (χ4v) is 3.21. The summed E-state index contributed by atoms with van der Waals surface area (Å²) in [6, 6.07) is 49.5. The van der Waals surface area contributed by atoms with Gasteiger partial charge in [0.15, 0.2) is 0 Å². The molecule has 0 spiro atoms. The maximum absolute atomic E-state index is 4.52. The van der Waals surface area contributed by atoms with E-state index in [1.807, 2.05) is 172 Å². The summed E-state index contributed by atoms with van der Waals surface area (Å²) in [5.41, 5.74) is 7.03. The molecule has 0 amide bonds. The van der Waals surface area contributed by atoms with Crippen LogP contribution in [-0.4, -0.2) is 5.71 Å². The smallest absolute Gasteiger partial charge is 0.661 e. The summed E-state index contributed by atoms with van der Waals surface area (Å²) in [6.07, 6.45) is 1.99. The van der Waals surface area contributed by atoms with Crippen LogP contribution in [0.2, 0.25) is 0 Å². The van der Waals surface area contributed by atoms with Crippen LogP contribution in [0.5, 0.6) is 0 Å². The van der Waals surface area contributed by atoms with Gasteiger partial charge in [-0.1, -0.05) is 79.7 Å². The second-order valence-corrected chi connectivity index (χ2v) is 8.78. The summed E-state index contributed by atoms with van der Waals surface area (Å²) in [7, 11) is 0. The van der Waals surface area contributed by atoms with Crippen LogP contribution in [0.3, 0.4) is 0 Å². The monoisotopic (exact) mass is 612 g/mol. The predicted octanol–water partition coefficient (Wildman–Crippen LogP) is 11.0. The number of aliphatic imine (C=N–C) groups is 1. The van der Waals surface area contributed by atoms with Crippen molar-refractivity contribution in [3.05, 3.63) is 206 Å². The molecule has 204 valence electrons. The minimum atomic E-state index is 0. The van der Waals surface area contributed by atoms with E-state index < -0.39 is 0 Å². The molecule has 0 N–H and O–H groups in total. The molecular formula is C38H38N2Zr. The summed E-state index contributed by atoms with van der Waals surface area (Å²) < 4.78 is 0. The van der Waals surface area contributed by atoms with Crippen molar-refractivity contribution in [1.29, 1.82) is 0 Å². The number of para-hydroxylation sites is 2. The summed E-state index contributed by atoms with van der Waals surface area (Å²) in [5.74, 6) is 0. The first-order chi connectivity index (χ1) is 19.4. The first-order valence-corrected chi connectivity index (χ1v) is 13.1. The molecule has 41 heavy (non-hydrogen) atoms. The minimum Gasteiger partial charge on any atom is -0.661 e. The van der Waals surface area contributed by atoms with Crippen molar-refractivity contribution in [3.63, 3.8) is 0 Å². The van der Waals surface area contributed by atoms with Gasteiger partial charge >= 0.3 is 26.2 Å². The first-order valence-electron chi connectivity index (χ1n) is 13.1. The average molecular weight is 614 g/mol. The van der Waals surface area contributed by atoms with Gasteiger partial charge in [-0.2, -0.15) is 79.6 Å². The quantitative estimate of drug-likeness (QED) is 0.142. The molecule has 0 unspecified atom stereocenters. The molecule has 0 aliphatic heterocycles. The molecule has 0 aromatic heterocycles. The van der Waals surface area contributed by atoms with Gasteiger partial charge < -0.3 is 5.32 Å². The van der Waals surface area contributed by atoms with Crippen molar-refractivity contribution < 1.29 is 26.2 Å². The van der Waals surface area contributed by atoms with Crippen LogP contribution in [0.25, 0.3) is 5.32 Å². The van der Waals surface area contributed by atoms with E-state index in [1.54, 1.807) is 0 Å². The van der Waals surface area contributed by atoms with E-state index in [0.29, 0.717) is 0 Å². The van der Waals surface area contributed by atoms with E-state index in [0.717, 1.165) is 39.5 Å². The molecule has 5 rings (SSSR count). The SMILES string of the molecule is CC(/C=C(/C)[N-]c1ccccc1)=Nc1ccccc1.[CH2-]c1ccccc1.[CH2-]c1ccccc1.[CH2-]c1ccccc1.[Zr+4]. The van der Waals surface area contributed by atoms with Crippen molar-refractivity contribution in [2.75, 3.05) is 0 Å². The summed E-state index contributed by atoms with van der Waals surface area (Å²) in [6.45, 7) is 15.1. The number of allylic oxidation sites excluding steroid dienone is 2. The van der Waals surface area contributed by atoms with Crippen molar-refractivity contribution in [3.8, 4) is 0 Å². The van der Waals surface area contributed by atoms with Gasteiger partial charge in [-0.3, -0.25) is 4.99 Å². The third-order valence-electron chi connectivity index (χ3n) is 5.07. The number of hydrogen-bond acceptors (Lipinski definition) is 1. The maximum atomic E-state index is 4.52. The molecule has 2 nitrogen and oxygen atoms in total. The van der Waals surface area contributed by atoms with E-state index >= 15 is 0 Å². The second kappa shape index (κ2) is 21.6. The van der Waals surface area contributed by atoms with Crippen molar-refractivity contribution in [2.45, 2.75) is 13.8 Å². The van der Waals surface area contributed by atoms with Crippen LogP contribution in [0.4, 0.5) is 11.4 Å². The predicted molar refractivity (Wildman–Crippen MR) is 175 cm³/mol. The fourth-order valence-electron chi connectivity index (χ4n) is 3.21. The Labute approximate surface area is 267 Å². The van der Waals surface area contributed by atoms with Gasteiger partial charge in [0.2, 0.25) is 0 Å². The molecule has 0 radical (unpaired) electrons. The Kier molecular flexibility index (Phi) is 18.4. The third kappa shape index (κ3) is 17.9. The zero-order valence-corrected chi connectivity index (χ0v) is 26.5. The normalized spacial score (nSPS) is 10.1. The molecule has 0 heterocycles. The Bertz CT molecular complexity index is 1280.